The third-order valence-corrected chi connectivity index (χ3v) is 4.76. The molecule has 3 aromatic rings. The van der Waals surface area contributed by atoms with Gasteiger partial charge in [0.2, 0.25) is 0 Å². The summed E-state index contributed by atoms with van der Waals surface area (Å²) < 4.78 is 5.49. The molecule has 0 aliphatic rings. The quantitative estimate of drug-likeness (QED) is 0.301. The van der Waals surface area contributed by atoms with Crippen LogP contribution in [0.1, 0.15) is 26.4 Å². The third-order valence-electron chi connectivity index (χ3n) is 4.23. The van der Waals surface area contributed by atoms with Crippen LogP contribution in [0.3, 0.4) is 0 Å². The number of rotatable bonds is 6. The summed E-state index contributed by atoms with van der Waals surface area (Å²) in [5.41, 5.74) is 0.731. The lowest BCUT2D eigenvalue weighted by Gasteiger charge is -2.23. The Morgan fingerprint density at radius 1 is 1.10 bits per heavy atom. The Kier molecular flexibility index (Phi) is 6.53. The number of esters is 1. The average Bonchev–Trinajstić information content (AvgIpc) is 2.77. The standard InChI is InChI=1S/C21H16BrN3O5/c1-30-21(27)15-10-14(11-19(12-15)25(28)29)20(26)24(13-17-4-2-3-9-23-17)18-7-5-16(22)6-8-18/h2-12H,13H2,1H3. The predicted molar refractivity (Wildman–Crippen MR) is 113 cm³/mol. The highest BCUT2D eigenvalue weighted by molar-refractivity contribution is 9.10. The maximum Gasteiger partial charge on any atom is 0.338 e. The van der Waals surface area contributed by atoms with Crippen LogP contribution in [0.5, 0.6) is 0 Å². The zero-order valence-electron chi connectivity index (χ0n) is 15.8. The van der Waals surface area contributed by atoms with Crippen LogP contribution in [0, 0.1) is 10.1 Å². The van der Waals surface area contributed by atoms with Crippen molar-refractivity contribution in [3.8, 4) is 0 Å². The largest absolute Gasteiger partial charge is 0.465 e. The maximum absolute atomic E-state index is 13.4. The number of halogens is 1. The van der Waals surface area contributed by atoms with E-state index in [-0.39, 0.29) is 23.4 Å². The number of amides is 1. The second-order valence-corrected chi connectivity index (χ2v) is 7.12. The van der Waals surface area contributed by atoms with E-state index in [2.05, 4.69) is 25.7 Å². The summed E-state index contributed by atoms with van der Waals surface area (Å²) >= 11 is 3.36. The van der Waals surface area contributed by atoms with Crippen LogP contribution in [0.25, 0.3) is 0 Å². The maximum atomic E-state index is 13.4. The molecule has 0 spiro atoms. The van der Waals surface area contributed by atoms with Gasteiger partial charge in [0.15, 0.2) is 0 Å². The molecule has 1 aromatic heterocycles. The van der Waals surface area contributed by atoms with Gasteiger partial charge in [-0.2, -0.15) is 0 Å². The van der Waals surface area contributed by atoms with E-state index in [0.717, 1.165) is 23.7 Å². The van der Waals surface area contributed by atoms with Crippen molar-refractivity contribution >= 4 is 39.2 Å². The molecule has 0 aliphatic carbocycles. The van der Waals surface area contributed by atoms with Crippen molar-refractivity contribution in [1.29, 1.82) is 0 Å². The van der Waals surface area contributed by atoms with Gasteiger partial charge in [-0.15, -0.1) is 0 Å². The Morgan fingerprint density at radius 2 is 1.80 bits per heavy atom. The van der Waals surface area contributed by atoms with Crippen molar-refractivity contribution in [2.45, 2.75) is 6.54 Å². The van der Waals surface area contributed by atoms with Gasteiger partial charge in [-0.25, -0.2) is 4.79 Å². The first-order valence-corrected chi connectivity index (χ1v) is 9.53. The van der Waals surface area contributed by atoms with Crippen molar-refractivity contribution in [2.75, 3.05) is 12.0 Å². The van der Waals surface area contributed by atoms with E-state index in [1.165, 1.54) is 11.0 Å². The van der Waals surface area contributed by atoms with Gasteiger partial charge in [-0.1, -0.05) is 22.0 Å². The molecule has 0 bridgehead atoms. The summed E-state index contributed by atoms with van der Waals surface area (Å²) in [7, 11) is 1.16. The molecule has 0 unspecified atom stereocenters. The van der Waals surface area contributed by atoms with Crippen molar-refractivity contribution in [3.05, 3.63) is 98.3 Å². The number of nitro benzene ring substituents is 1. The molecule has 0 fully saturated rings. The van der Waals surface area contributed by atoms with Crippen LogP contribution in [0.2, 0.25) is 0 Å². The number of carbonyl (C=O) groups is 2. The lowest BCUT2D eigenvalue weighted by molar-refractivity contribution is -0.384. The Morgan fingerprint density at radius 3 is 2.40 bits per heavy atom. The topological polar surface area (TPSA) is 103 Å². The molecule has 0 radical (unpaired) electrons. The van der Waals surface area contributed by atoms with E-state index in [1.807, 2.05) is 0 Å². The fraction of sp³-hybridized carbons (Fsp3) is 0.0952. The van der Waals surface area contributed by atoms with E-state index in [1.54, 1.807) is 48.7 Å². The Labute approximate surface area is 180 Å². The highest BCUT2D eigenvalue weighted by atomic mass is 79.9. The van der Waals surface area contributed by atoms with Crippen LogP contribution >= 0.6 is 15.9 Å². The fourth-order valence-corrected chi connectivity index (χ4v) is 3.05. The lowest BCUT2D eigenvalue weighted by Crippen LogP contribution is -2.31. The number of nitrogens with zero attached hydrogens (tertiary/aromatic N) is 3. The van der Waals surface area contributed by atoms with Gasteiger partial charge in [-0.05, 0) is 42.5 Å². The number of ether oxygens (including phenoxy) is 1. The smallest absolute Gasteiger partial charge is 0.338 e. The molecular weight excluding hydrogens is 454 g/mol. The summed E-state index contributed by atoms with van der Waals surface area (Å²) in [6.07, 6.45) is 1.61. The number of benzene rings is 2. The highest BCUT2D eigenvalue weighted by Gasteiger charge is 2.23. The van der Waals surface area contributed by atoms with Crippen molar-refractivity contribution in [3.63, 3.8) is 0 Å². The summed E-state index contributed by atoms with van der Waals surface area (Å²) in [5.74, 6) is -1.29. The molecule has 152 valence electrons. The van der Waals surface area contributed by atoms with Crippen LogP contribution in [0.15, 0.2) is 71.3 Å². The molecule has 0 saturated heterocycles. The number of hydrogen-bond donors (Lipinski definition) is 0. The zero-order chi connectivity index (χ0) is 21.7. The Balaban J connectivity index is 2.07. The minimum Gasteiger partial charge on any atom is -0.465 e. The number of non-ortho nitro benzene ring substituents is 1. The summed E-state index contributed by atoms with van der Waals surface area (Å²) in [5, 5.41) is 11.3. The molecule has 3 rings (SSSR count). The molecule has 0 N–H and O–H groups in total. The van der Waals surface area contributed by atoms with E-state index in [9.17, 15) is 19.7 Å². The number of anilines is 1. The summed E-state index contributed by atoms with van der Waals surface area (Å²) in [4.78, 5) is 41.7. The van der Waals surface area contributed by atoms with Gasteiger partial charge >= 0.3 is 5.97 Å². The van der Waals surface area contributed by atoms with Crippen LogP contribution in [-0.2, 0) is 11.3 Å². The molecule has 0 saturated carbocycles. The van der Waals surface area contributed by atoms with Crippen molar-refractivity contribution < 1.29 is 19.2 Å². The van der Waals surface area contributed by atoms with E-state index in [0.29, 0.717) is 11.4 Å². The first-order valence-electron chi connectivity index (χ1n) is 8.74. The molecular formula is C21H16BrN3O5. The normalized spacial score (nSPS) is 10.3. The van der Waals surface area contributed by atoms with Gasteiger partial charge in [0.25, 0.3) is 11.6 Å². The Hall–Kier alpha value is -3.59. The molecule has 8 nitrogen and oxygen atoms in total. The molecule has 9 heteroatoms. The average molecular weight is 470 g/mol. The number of hydrogen-bond acceptors (Lipinski definition) is 6. The van der Waals surface area contributed by atoms with Crippen LogP contribution < -0.4 is 4.90 Å². The number of aromatic nitrogens is 1. The SMILES string of the molecule is COC(=O)c1cc(C(=O)N(Cc2ccccn2)c2ccc(Br)cc2)cc([N+](=O)[O-])c1. The van der Waals surface area contributed by atoms with Gasteiger partial charge in [0, 0.05) is 34.1 Å². The number of pyridine rings is 1. The van der Waals surface area contributed by atoms with Gasteiger partial charge in [0.05, 0.1) is 29.8 Å². The molecule has 1 heterocycles. The molecule has 0 aliphatic heterocycles. The molecule has 1 amide bonds. The zero-order valence-corrected chi connectivity index (χ0v) is 17.4. The fourth-order valence-electron chi connectivity index (χ4n) is 2.79. The highest BCUT2D eigenvalue weighted by Crippen LogP contribution is 2.25. The predicted octanol–water partition coefficient (Wildman–Crippen LogP) is 4.39. The summed E-state index contributed by atoms with van der Waals surface area (Å²) in [6, 6.07) is 15.9. The Bertz CT molecular complexity index is 1090. The number of methoxy groups -OCH3 is 1. The van der Waals surface area contributed by atoms with Gasteiger partial charge < -0.3 is 9.64 Å². The van der Waals surface area contributed by atoms with Crippen molar-refractivity contribution in [2.24, 2.45) is 0 Å². The molecule has 30 heavy (non-hydrogen) atoms. The first-order chi connectivity index (χ1) is 14.4. The summed E-state index contributed by atoms with van der Waals surface area (Å²) in [6.45, 7) is 0.136. The van der Waals surface area contributed by atoms with E-state index >= 15 is 0 Å². The second-order valence-electron chi connectivity index (χ2n) is 6.21. The second kappa shape index (κ2) is 9.27. The van der Waals surface area contributed by atoms with Crippen LogP contribution in [-0.4, -0.2) is 28.9 Å². The number of carbonyl (C=O) groups excluding carboxylic acids is 2. The minimum absolute atomic E-state index is 0.0107. The van der Waals surface area contributed by atoms with Gasteiger partial charge in [0.1, 0.15) is 0 Å². The van der Waals surface area contributed by atoms with Crippen LogP contribution in [0.4, 0.5) is 11.4 Å². The lowest BCUT2D eigenvalue weighted by atomic mass is 10.1. The van der Waals surface area contributed by atoms with Gasteiger partial charge in [-0.3, -0.25) is 19.9 Å². The minimum atomic E-state index is -0.771. The molecule has 0 atom stereocenters. The van der Waals surface area contributed by atoms with E-state index in [4.69, 9.17) is 0 Å². The van der Waals surface area contributed by atoms with Crippen molar-refractivity contribution in [1.82, 2.24) is 4.98 Å². The number of nitro groups is 1. The third kappa shape index (κ3) is 4.87. The molecule has 2 aromatic carbocycles. The monoisotopic (exact) mass is 469 g/mol. The van der Waals surface area contributed by atoms with E-state index < -0.39 is 16.8 Å². The first kappa shape index (κ1) is 21.1.